The molecule has 2 aromatic rings. The topological polar surface area (TPSA) is 92.9 Å². The molecule has 0 fully saturated rings. The highest BCUT2D eigenvalue weighted by Crippen LogP contribution is 2.12. The number of aromatic nitrogens is 2. The number of anilines is 2. The van der Waals surface area contributed by atoms with Crippen molar-refractivity contribution in [2.45, 2.75) is 13.0 Å². The molecular formula is C14H16ClN5O. The first-order valence-corrected chi connectivity index (χ1v) is 6.86. The molecule has 2 rings (SSSR count). The van der Waals surface area contributed by atoms with E-state index in [1.807, 2.05) is 30.3 Å². The lowest BCUT2D eigenvalue weighted by atomic mass is 10.2. The highest BCUT2D eigenvalue weighted by molar-refractivity contribution is 6.29. The summed E-state index contributed by atoms with van der Waals surface area (Å²) >= 11 is 5.76. The summed E-state index contributed by atoms with van der Waals surface area (Å²) in [5.41, 5.74) is 6.54. The van der Waals surface area contributed by atoms with E-state index < -0.39 is 0 Å². The van der Waals surface area contributed by atoms with Gasteiger partial charge in [0.15, 0.2) is 0 Å². The third kappa shape index (κ3) is 5.27. The van der Waals surface area contributed by atoms with Crippen molar-refractivity contribution in [1.82, 2.24) is 15.3 Å². The average molecular weight is 306 g/mol. The predicted octanol–water partition coefficient (Wildman–Crippen LogP) is 1.83. The van der Waals surface area contributed by atoms with E-state index in [0.29, 0.717) is 25.3 Å². The first-order chi connectivity index (χ1) is 10.1. The quantitative estimate of drug-likeness (QED) is 0.708. The molecule has 0 saturated carbocycles. The Morgan fingerprint density at radius 1 is 1.24 bits per heavy atom. The van der Waals surface area contributed by atoms with Crippen LogP contribution in [0.5, 0.6) is 0 Å². The largest absolute Gasteiger partial charge is 0.369 e. The van der Waals surface area contributed by atoms with Gasteiger partial charge in [0.1, 0.15) is 11.0 Å². The van der Waals surface area contributed by atoms with Crippen LogP contribution in [0.2, 0.25) is 5.15 Å². The number of halogens is 1. The first-order valence-electron chi connectivity index (χ1n) is 6.48. The van der Waals surface area contributed by atoms with Crippen LogP contribution < -0.4 is 16.4 Å². The minimum absolute atomic E-state index is 0.0421. The molecule has 1 aromatic heterocycles. The van der Waals surface area contributed by atoms with E-state index in [-0.39, 0.29) is 17.0 Å². The molecule has 0 aliphatic carbocycles. The van der Waals surface area contributed by atoms with E-state index in [4.69, 9.17) is 17.3 Å². The number of amides is 1. The molecule has 1 heterocycles. The van der Waals surface area contributed by atoms with E-state index in [1.165, 1.54) is 0 Å². The van der Waals surface area contributed by atoms with Gasteiger partial charge in [-0.15, -0.1) is 0 Å². The van der Waals surface area contributed by atoms with Crippen LogP contribution in [0.1, 0.15) is 12.0 Å². The Morgan fingerprint density at radius 2 is 2.00 bits per heavy atom. The van der Waals surface area contributed by atoms with Crippen LogP contribution in [0.15, 0.2) is 36.4 Å². The highest BCUT2D eigenvalue weighted by atomic mass is 35.5. The van der Waals surface area contributed by atoms with Gasteiger partial charge in [0.05, 0.1) is 0 Å². The van der Waals surface area contributed by atoms with Gasteiger partial charge in [-0.2, -0.15) is 4.98 Å². The average Bonchev–Trinajstić information content (AvgIpc) is 2.45. The Kier molecular flexibility index (Phi) is 5.34. The number of carbonyl (C=O) groups is 1. The molecule has 0 radical (unpaired) electrons. The van der Waals surface area contributed by atoms with Gasteiger partial charge in [-0.1, -0.05) is 41.9 Å². The van der Waals surface area contributed by atoms with Crippen LogP contribution in [0.25, 0.3) is 0 Å². The van der Waals surface area contributed by atoms with Crippen molar-refractivity contribution in [3.8, 4) is 0 Å². The van der Waals surface area contributed by atoms with Crippen LogP contribution >= 0.6 is 11.6 Å². The van der Waals surface area contributed by atoms with Gasteiger partial charge in [0.25, 0.3) is 0 Å². The lowest BCUT2D eigenvalue weighted by Crippen LogP contribution is -2.25. The highest BCUT2D eigenvalue weighted by Gasteiger charge is 2.03. The molecule has 0 saturated heterocycles. The SMILES string of the molecule is Nc1nc(Cl)cc(NCCC(=O)NCc2ccccc2)n1. The summed E-state index contributed by atoms with van der Waals surface area (Å²) in [4.78, 5) is 19.4. The summed E-state index contributed by atoms with van der Waals surface area (Å²) in [6.07, 6.45) is 0.328. The smallest absolute Gasteiger partial charge is 0.223 e. The number of rotatable bonds is 6. The fourth-order valence-electron chi connectivity index (χ4n) is 1.71. The van der Waals surface area contributed by atoms with E-state index in [1.54, 1.807) is 6.07 Å². The summed E-state index contributed by atoms with van der Waals surface area (Å²) < 4.78 is 0. The summed E-state index contributed by atoms with van der Waals surface area (Å²) in [6, 6.07) is 11.3. The Balaban J connectivity index is 1.72. The predicted molar refractivity (Wildman–Crippen MR) is 82.8 cm³/mol. The molecule has 1 amide bonds. The normalized spacial score (nSPS) is 10.1. The number of nitrogens with one attached hydrogen (secondary N) is 2. The van der Waals surface area contributed by atoms with Crippen molar-refractivity contribution in [3.63, 3.8) is 0 Å². The zero-order valence-corrected chi connectivity index (χ0v) is 12.1. The third-order valence-corrected chi connectivity index (χ3v) is 2.90. The monoisotopic (exact) mass is 305 g/mol. The van der Waals surface area contributed by atoms with Crippen LogP contribution in [0.4, 0.5) is 11.8 Å². The van der Waals surface area contributed by atoms with Gasteiger partial charge in [-0.25, -0.2) is 4.98 Å². The lowest BCUT2D eigenvalue weighted by Gasteiger charge is -2.07. The van der Waals surface area contributed by atoms with Crippen molar-refractivity contribution >= 4 is 29.3 Å². The number of carbonyl (C=O) groups excluding carboxylic acids is 1. The second-order valence-electron chi connectivity index (χ2n) is 4.37. The van der Waals surface area contributed by atoms with Crippen molar-refractivity contribution in [2.24, 2.45) is 0 Å². The number of nitrogens with two attached hydrogens (primary N) is 1. The minimum Gasteiger partial charge on any atom is -0.369 e. The molecule has 7 heteroatoms. The third-order valence-electron chi connectivity index (χ3n) is 2.70. The standard InChI is InChI=1S/C14H16ClN5O/c15-11-8-12(20-14(16)19-11)17-7-6-13(21)18-9-10-4-2-1-3-5-10/h1-5,8H,6-7,9H2,(H,18,21)(H3,16,17,19,20). The fourth-order valence-corrected chi connectivity index (χ4v) is 1.90. The Bertz CT molecular complexity index is 585. The summed E-state index contributed by atoms with van der Waals surface area (Å²) in [5.74, 6) is 0.557. The molecule has 0 atom stereocenters. The second kappa shape index (κ2) is 7.44. The summed E-state index contributed by atoms with van der Waals surface area (Å²) in [6.45, 7) is 0.958. The van der Waals surface area contributed by atoms with Crippen molar-refractivity contribution < 1.29 is 4.79 Å². The van der Waals surface area contributed by atoms with Gasteiger partial charge < -0.3 is 16.4 Å². The number of nitrogens with zero attached hydrogens (tertiary/aromatic N) is 2. The lowest BCUT2D eigenvalue weighted by molar-refractivity contribution is -0.121. The van der Waals surface area contributed by atoms with E-state index in [9.17, 15) is 4.79 Å². The van der Waals surface area contributed by atoms with E-state index >= 15 is 0 Å². The molecule has 0 aliphatic heterocycles. The van der Waals surface area contributed by atoms with E-state index in [0.717, 1.165) is 5.56 Å². The van der Waals surface area contributed by atoms with Crippen LogP contribution in [0, 0.1) is 0 Å². The van der Waals surface area contributed by atoms with Crippen LogP contribution in [-0.2, 0) is 11.3 Å². The van der Waals surface area contributed by atoms with E-state index in [2.05, 4.69) is 20.6 Å². The van der Waals surface area contributed by atoms with Gasteiger partial charge in [-0.05, 0) is 5.56 Å². The molecule has 0 unspecified atom stereocenters. The molecule has 1 aromatic carbocycles. The molecule has 110 valence electrons. The Labute approximate surface area is 127 Å². The first kappa shape index (κ1) is 15.1. The molecule has 21 heavy (non-hydrogen) atoms. The number of nitrogen functional groups attached to an aromatic ring is 1. The molecule has 0 aliphatic rings. The van der Waals surface area contributed by atoms with Crippen LogP contribution in [0.3, 0.4) is 0 Å². The van der Waals surface area contributed by atoms with Gasteiger partial charge >= 0.3 is 0 Å². The number of hydrogen-bond donors (Lipinski definition) is 3. The number of hydrogen-bond acceptors (Lipinski definition) is 5. The maximum Gasteiger partial charge on any atom is 0.223 e. The van der Waals surface area contributed by atoms with Crippen molar-refractivity contribution in [3.05, 3.63) is 47.1 Å². The summed E-state index contributed by atoms with van der Waals surface area (Å²) in [7, 11) is 0. The van der Waals surface area contributed by atoms with Gasteiger partial charge in [-0.3, -0.25) is 4.79 Å². The fraction of sp³-hybridized carbons (Fsp3) is 0.214. The zero-order valence-electron chi connectivity index (χ0n) is 11.3. The molecule has 4 N–H and O–H groups in total. The molecule has 6 nitrogen and oxygen atoms in total. The van der Waals surface area contributed by atoms with Crippen LogP contribution in [-0.4, -0.2) is 22.4 Å². The van der Waals surface area contributed by atoms with Crippen molar-refractivity contribution in [1.29, 1.82) is 0 Å². The van der Waals surface area contributed by atoms with Crippen molar-refractivity contribution in [2.75, 3.05) is 17.6 Å². The molecule has 0 bridgehead atoms. The molecule has 0 spiro atoms. The van der Waals surface area contributed by atoms with Gasteiger partial charge in [0, 0.05) is 25.6 Å². The zero-order chi connectivity index (χ0) is 15.1. The maximum atomic E-state index is 11.7. The molecular weight excluding hydrogens is 290 g/mol. The second-order valence-corrected chi connectivity index (χ2v) is 4.76. The van der Waals surface area contributed by atoms with Gasteiger partial charge in [0.2, 0.25) is 11.9 Å². The maximum absolute atomic E-state index is 11.7. The Morgan fingerprint density at radius 3 is 2.71 bits per heavy atom. The summed E-state index contributed by atoms with van der Waals surface area (Å²) in [5, 5.41) is 6.09. The minimum atomic E-state index is -0.0421. The Hall–Kier alpha value is -2.34. The number of benzene rings is 1.